The highest BCUT2D eigenvalue weighted by molar-refractivity contribution is 5.61. The molecule has 0 radical (unpaired) electrons. The second kappa shape index (κ2) is 17.4. The molecule has 0 aromatic heterocycles. The second-order valence-electron chi connectivity index (χ2n) is 17.0. The van der Waals surface area contributed by atoms with E-state index in [-0.39, 0.29) is 0 Å². The van der Waals surface area contributed by atoms with Crippen molar-refractivity contribution in [2.24, 2.45) is 29.6 Å². The monoisotopic (exact) mass is 672 g/mol. The van der Waals surface area contributed by atoms with Crippen molar-refractivity contribution in [3.63, 3.8) is 0 Å². The van der Waals surface area contributed by atoms with Gasteiger partial charge in [-0.3, -0.25) is 0 Å². The maximum atomic E-state index is 4.10. The molecule has 0 heterocycles. The third-order valence-electron chi connectivity index (χ3n) is 14.3. The Morgan fingerprint density at radius 2 is 1.56 bits per heavy atom. The van der Waals surface area contributed by atoms with Crippen molar-refractivity contribution in [1.82, 2.24) is 5.32 Å². The van der Waals surface area contributed by atoms with Crippen LogP contribution in [-0.2, 0) is 0 Å². The average molecular weight is 672 g/mol. The molecule has 1 heteroatoms. The van der Waals surface area contributed by atoms with Crippen molar-refractivity contribution in [3.8, 4) is 0 Å². The van der Waals surface area contributed by atoms with Gasteiger partial charge in [-0.2, -0.15) is 0 Å². The van der Waals surface area contributed by atoms with Crippen LogP contribution in [0.2, 0.25) is 0 Å². The highest BCUT2D eigenvalue weighted by Gasteiger charge is 2.36. The summed E-state index contributed by atoms with van der Waals surface area (Å²) in [6.45, 7) is 8.37. The molecule has 1 nitrogen and oxygen atoms in total. The lowest BCUT2D eigenvalue weighted by Crippen LogP contribution is -2.32. The van der Waals surface area contributed by atoms with Gasteiger partial charge in [0, 0.05) is 18.5 Å². The van der Waals surface area contributed by atoms with E-state index in [4.69, 9.17) is 0 Å². The number of fused-ring (bicyclic) bond motifs is 1. The minimum atomic E-state index is 0.511. The highest BCUT2D eigenvalue weighted by atomic mass is 14.9. The lowest BCUT2D eigenvalue weighted by Gasteiger charge is -2.41. The molecule has 0 amide bonds. The number of rotatable bonds is 10. The van der Waals surface area contributed by atoms with Crippen molar-refractivity contribution in [2.75, 3.05) is 6.54 Å². The van der Waals surface area contributed by atoms with Crippen LogP contribution in [-0.4, -0.2) is 12.6 Å². The highest BCUT2D eigenvalue weighted by Crippen LogP contribution is 2.48. The Morgan fingerprint density at radius 1 is 0.740 bits per heavy atom. The lowest BCUT2D eigenvalue weighted by atomic mass is 9.64. The second-order valence-corrected chi connectivity index (χ2v) is 17.0. The largest absolute Gasteiger partial charge is 0.306 e. The third kappa shape index (κ3) is 7.99. The topological polar surface area (TPSA) is 12.0 Å². The summed E-state index contributed by atoms with van der Waals surface area (Å²) in [6, 6.07) is 0.511. The molecule has 0 aromatic carbocycles. The van der Waals surface area contributed by atoms with Gasteiger partial charge in [0.1, 0.15) is 0 Å². The lowest BCUT2D eigenvalue weighted by molar-refractivity contribution is 0.177. The van der Waals surface area contributed by atoms with Gasteiger partial charge in [0.15, 0.2) is 0 Å². The molecule has 1 fully saturated rings. The minimum absolute atomic E-state index is 0.511. The number of nitrogens with one attached hydrogen (secondary N) is 1. The molecular weight excluding hydrogens is 603 g/mol. The Labute approximate surface area is 307 Å². The van der Waals surface area contributed by atoms with Crippen LogP contribution in [0.15, 0.2) is 105 Å². The van der Waals surface area contributed by atoms with E-state index in [1.165, 1.54) is 135 Å². The van der Waals surface area contributed by atoms with E-state index >= 15 is 0 Å². The summed E-state index contributed by atoms with van der Waals surface area (Å²) in [5.41, 5.74) is 15.3. The number of allylic oxidation sites excluding steroid dienone is 15. The van der Waals surface area contributed by atoms with E-state index in [2.05, 4.69) is 80.8 Å². The van der Waals surface area contributed by atoms with E-state index in [0.717, 1.165) is 36.1 Å². The van der Waals surface area contributed by atoms with Gasteiger partial charge in [0.05, 0.1) is 0 Å². The van der Waals surface area contributed by atoms with Gasteiger partial charge in [-0.25, -0.2) is 0 Å². The zero-order chi connectivity index (χ0) is 34.3. The van der Waals surface area contributed by atoms with E-state index < -0.39 is 0 Å². The fraction of sp³-hybridized carbons (Fsp3) is 0.633. The van der Waals surface area contributed by atoms with Crippen molar-refractivity contribution < 1.29 is 0 Å². The molecule has 0 spiro atoms. The van der Waals surface area contributed by atoms with Crippen LogP contribution >= 0.6 is 0 Å². The number of hydrogen-bond donors (Lipinski definition) is 1. The molecule has 0 aromatic rings. The summed E-state index contributed by atoms with van der Waals surface area (Å²) in [5.74, 6) is 4.00. The Hall–Kier alpha value is -2.38. The van der Waals surface area contributed by atoms with Crippen molar-refractivity contribution in [1.29, 1.82) is 0 Å². The smallest absolute Gasteiger partial charge is 0.0253 e. The van der Waals surface area contributed by atoms with Gasteiger partial charge in [-0.1, -0.05) is 85.3 Å². The Balaban J connectivity index is 1.20. The maximum absolute atomic E-state index is 4.10. The zero-order valence-electron chi connectivity index (χ0n) is 32.2. The van der Waals surface area contributed by atoms with Gasteiger partial charge >= 0.3 is 0 Å². The molecule has 50 heavy (non-hydrogen) atoms. The van der Waals surface area contributed by atoms with Crippen LogP contribution in [0.1, 0.15) is 156 Å². The van der Waals surface area contributed by atoms with E-state index in [1.54, 1.807) is 50.2 Å². The van der Waals surface area contributed by atoms with Crippen LogP contribution < -0.4 is 5.32 Å². The van der Waals surface area contributed by atoms with Crippen molar-refractivity contribution in [2.45, 2.75) is 162 Å². The first-order valence-electron chi connectivity index (χ1n) is 21.6. The first kappa shape index (κ1) is 36.0. The van der Waals surface area contributed by atoms with Crippen molar-refractivity contribution >= 4 is 0 Å². The molecule has 7 rings (SSSR count). The summed E-state index contributed by atoms with van der Waals surface area (Å²) >= 11 is 0. The summed E-state index contributed by atoms with van der Waals surface area (Å²) in [6.07, 6.45) is 50.2. The van der Waals surface area contributed by atoms with Crippen LogP contribution in [0, 0.1) is 29.6 Å². The van der Waals surface area contributed by atoms with E-state index in [0.29, 0.717) is 6.04 Å². The molecule has 0 saturated heterocycles. The van der Waals surface area contributed by atoms with Gasteiger partial charge < -0.3 is 5.32 Å². The predicted molar refractivity (Wildman–Crippen MR) is 216 cm³/mol. The standard InChI is InChI=1S/C49H69N/c1-4-36(5-2)44-32-33-48(47-27-17-16-26-46(44)47)49(34-50-40-20-10-7-11-21-40)45-25-15-12-22-41(45)35(3)37-28-30-39(31-29-37)43-24-14-13-23-42(43)38-18-8-6-9-19-38/h10,12-13,17-18,20,22-23,27,36-37,39-40,42-43,50H,4-9,11,14-16,19,21,24-26,28-34H2,1-3H3/b41-35+,49-45+/t37?,39?,40?,42?,43-/m1/s1. The third-order valence-corrected chi connectivity index (χ3v) is 14.3. The normalized spacial score (nSPS) is 32.4. The predicted octanol–water partition coefficient (Wildman–Crippen LogP) is 13.7. The van der Waals surface area contributed by atoms with Crippen LogP contribution in [0.5, 0.6) is 0 Å². The summed E-state index contributed by atoms with van der Waals surface area (Å²) in [7, 11) is 0. The summed E-state index contributed by atoms with van der Waals surface area (Å²) in [4.78, 5) is 0. The minimum Gasteiger partial charge on any atom is -0.306 e. The molecule has 0 bridgehead atoms. The zero-order valence-corrected chi connectivity index (χ0v) is 32.2. The van der Waals surface area contributed by atoms with Gasteiger partial charge in [0.25, 0.3) is 0 Å². The molecule has 270 valence electrons. The SMILES string of the molecule is CCC(CC)C1=C2CCC=CC2=C(/C(CNC2C=CCCC2)=C2\CCC=C\C2=C(\C)C2CCC([C@H]3CCC=CC3C3=CCCCC3)CC2)CC1. The molecule has 1 N–H and O–H groups in total. The Bertz CT molecular complexity index is 1480. The molecule has 2 unspecified atom stereocenters. The van der Waals surface area contributed by atoms with Gasteiger partial charge in [-0.05, 0) is 199 Å². The van der Waals surface area contributed by atoms with Crippen LogP contribution in [0.3, 0.4) is 0 Å². The average Bonchev–Trinajstić information content (AvgIpc) is 3.19. The molecule has 7 aliphatic rings. The van der Waals surface area contributed by atoms with Crippen LogP contribution in [0.25, 0.3) is 0 Å². The summed E-state index contributed by atoms with van der Waals surface area (Å²) in [5, 5.41) is 4.10. The summed E-state index contributed by atoms with van der Waals surface area (Å²) < 4.78 is 0. The Kier molecular flexibility index (Phi) is 12.5. The van der Waals surface area contributed by atoms with Gasteiger partial charge in [0.2, 0.25) is 0 Å². The number of hydrogen-bond acceptors (Lipinski definition) is 1. The molecule has 1 saturated carbocycles. The molecular formula is C49H69N. The molecule has 7 aliphatic carbocycles. The first-order valence-corrected chi connectivity index (χ1v) is 21.6. The first-order chi connectivity index (χ1) is 24.7. The Morgan fingerprint density at radius 3 is 2.34 bits per heavy atom. The van der Waals surface area contributed by atoms with E-state index in [9.17, 15) is 0 Å². The fourth-order valence-electron chi connectivity index (χ4n) is 11.5. The van der Waals surface area contributed by atoms with Gasteiger partial charge in [-0.15, -0.1) is 0 Å². The van der Waals surface area contributed by atoms with Crippen LogP contribution in [0.4, 0.5) is 0 Å². The van der Waals surface area contributed by atoms with Crippen molar-refractivity contribution in [3.05, 3.63) is 105 Å². The van der Waals surface area contributed by atoms with E-state index in [1.807, 2.05) is 0 Å². The molecule has 3 atom stereocenters. The fourth-order valence-corrected chi connectivity index (χ4v) is 11.5. The molecule has 0 aliphatic heterocycles. The quantitative estimate of drug-likeness (QED) is 0.228. The maximum Gasteiger partial charge on any atom is 0.0253 e.